The van der Waals surface area contributed by atoms with E-state index in [1.165, 1.54) is 18.2 Å². The van der Waals surface area contributed by atoms with E-state index >= 15 is 0 Å². The average Bonchev–Trinajstić information content (AvgIpc) is 3.01. The summed E-state index contributed by atoms with van der Waals surface area (Å²) in [6, 6.07) is 9.95. The van der Waals surface area contributed by atoms with Crippen molar-refractivity contribution in [3.63, 3.8) is 0 Å². The predicted molar refractivity (Wildman–Crippen MR) is 105 cm³/mol. The van der Waals surface area contributed by atoms with E-state index in [0.29, 0.717) is 20.8 Å². The first kappa shape index (κ1) is 20.9. The number of nitriles is 1. The van der Waals surface area contributed by atoms with Crippen LogP contribution < -0.4 is 10.1 Å². The molecule has 0 aliphatic rings. The summed E-state index contributed by atoms with van der Waals surface area (Å²) in [5, 5.41) is 12.5. The average molecular weight is 458 g/mol. The minimum absolute atomic E-state index is 0.109. The SMILES string of the molecule is N#CC(=Cc1ccc(Cl)cc1Cl)C(=O)Nc1nc2ccc(OC(F)(F)F)cc2s1. The van der Waals surface area contributed by atoms with Gasteiger partial charge in [0.15, 0.2) is 5.13 Å². The van der Waals surface area contributed by atoms with Crippen LogP contribution in [-0.4, -0.2) is 17.3 Å². The molecule has 3 aromatic rings. The minimum Gasteiger partial charge on any atom is -0.406 e. The smallest absolute Gasteiger partial charge is 0.406 e. The van der Waals surface area contributed by atoms with Gasteiger partial charge in [0.05, 0.1) is 10.2 Å². The molecule has 1 aromatic heterocycles. The lowest BCUT2D eigenvalue weighted by molar-refractivity contribution is -0.274. The van der Waals surface area contributed by atoms with Gasteiger partial charge in [0.2, 0.25) is 0 Å². The number of hydrogen-bond acceptors (Lipinski definition) is 5. The molecule has 148 valence electrons. The summed E-state index contributed by atoms with van der Waals surface area (Å²) in [7, 11) is 0. The van der Waals surface area contributed by atoms with Gasteiger partial charge in [0.25, 0.3) is 5.91 Å². The maximum atomic E-state index is 12.4. The number of amides is 1. The van der Waals surface area contributed by atoms with Crippen molar-refractivity contribution in [3.05, 3.63) is 57.6 Å². The van der Waals surface area contributed by atoms with Crippen LogP contribution in [0.4, 0.5) is 18.3 Å². The Morgan fingerprint density at radius 2 is 2.00 bits per heavy atom. The summed E-state index contributed by atoms with van der Waals surface area (Å²) in [6.07, 6.45) is -3.53. The van der Waals surface area contributed by atoms with Gasteiger partial charge >= 0.3 is 6.36 Å². The topological polar surface area (TPSA) is 75.0 Å². The second-order valence-electron chi connectivity index (χ2n) is 5.49. The zero-order valence-electron chi connectivity index (χ0n) is 14.1. The zero-order valence-corrected chi connectivity index (χ0v) is 16.4. The summed E-state index contributed by atoms with van der Waals surface area (Å²) in [5.41, 5.74) is 0.540. The molecule has 0 bridgehead atoms. The van der Waals surface area contributed by atoms with E-state index in [9.17, 15) is 23.2 Å². The maximum Gasteiger partial charge on any atom is 0.573 e. The fourth-order valence-corrected chi connectivity index (χ4v) is 3.60. The van der Waals surface area contributed by atoms with Gasteiger partial charge in [-0.1, -0.05) is 40.6 Å². The standard InChI is InChI=1S/C18H8Cl2F3N3O2S/c19-11-2-1-9(13(20)6-11)5-10(8-24)16(27)26-17-25-14-4-3-12(7-15(14)29-17)28-18(21,22)23/h1-7H,(H,25,26,27). The highest BCUT2D eigenvalue weighted by molar-refractivity contribution is 7.22. The Bertz CT molecular complexity index is 1170. The van der Waals surface area contributed by atoms with E-state index in [-0.39, 0.29) is 15.7 Å². The van der Waals surface area contributed by atoms with E-state index in [2.05, 4.69) is 15.0 Å². The molecule has 2 aromatic carbocycles. The number of hydrogen-bond donors (Lipinski definition) is 1. The molecular formula is C18H8Cl2F3N3O2S. The zero-order chi connectivity index (χ0) is 21.2. The van der Waals surface area contributed by atoms with Crippen LogP contribution in [0.15, 0.2) is 42.0 Å². The summed E-state index contributed by atoms with van der Waals surface area (Å²) in [5.74, 6) is -1.15. The molecule has 5 nitrogen and oxygen atoms in total. The first-order valence-electron chi connectivity index (χ1n) is 7.69. The van der Waals surface area contributed by atoms with Crippen molar-refractivity contribution < 1.29 is 22.7 Å². The highest BCUT2D eigenvalue weighted by atomic mass is 35.5. The summed E-state index contributed by atoms with van der Waals surface area (Å²) >= 11 is 12.8. The van der Waals surface area contributed by atoms with Crippen LogP contribution in [0.3, 0.4) is 0 Å². The second-order valence-corrected chi connectivity index (χ2v) is 7.36. The van der Waals surface area contributed by atoms with E-state index < -0.39 is 18.0 Å². The number of thiazole rings is 1. The number of aromatic nitrogens is 1. The fraction of sp³-hybridized carbons (Fsp3) is 0.0556. The van der Waals surface area contributed by atoms with Crippen LogP contribution in [-0.2, 0) is 4.79 Å². The number of anilines is 1. The van der Waals surface area contributed by atoms with Crippen LogP contribution in [0.25, 0.3) is 16.3 Å². The van der Waals surface area contributed by atoms with Crippen LogP contribution >= 0.6 is 34.5 Å². The Morgan fingerprint density at radius 1 is 1.24 bits per heavy atom. The van der Waals surface area contributed by atoms with Gasteiger partial charge in [-0.25, -0.2) is 4.98 Å². The van der Waals surface area contributed by atoms with E-state index in [1.807, 2.05) is 0 Å². The van der Waals surface area contributed by atoms with Crippen LogP contribution in [0.5, 0.6) is 5.75 Å². The number of carbonyl (C=O) groups is 1. The molecule has 11 heteroatoms. The van der Waals surface area contributed by atoms with E-state index in [4.69, 9.17) is 23.2 Å². The lowest BCUT2D eigenvalue weighted by atomic mass is 10.1. The number of rotatable bonds is 4. The van der Waals surface area contributed by atoms with E-state index in [1.54, 1.807) is 18.2 Å². The summed E-state index contributed by atoms with van der Waals surface area (Å²) in [6.45, 7) is 0. The highest BCUT2D eigenvalue weighted by Gasteiger charge is 2.31. The summed E-state index contributed by atoms with van der Waals surface area (Å²) < 4.78 is 41.2. The van der Waals surface area contributed by atoms with E-state index in [0.717, 1.165) is 23.5 Å². The van der Waals surface area contributed by atoms with Crippen molar-refractivity contribution in [3.8, 4) is 11.8 Å². The quantitative estimate of drug-likeness (QED) is 0.382. The van der Waals surface area contributed by atoms with Crippen molar-refractivity contribution in [2.24, 2.45) is 0 Å². The van der Waals surface area contributed by atoms with Gasteiger partial charge in [-0.05, 0) is 35.9 Å². The maximum absolute atomic E-state index is 12.4. The molecule has 0 unspecified atom stereocenters. The molecule has 1 N–H and O–H groups in total. The number of ether oxygens (including phenoxy) is 1. The molecule has 0 saturated carbocycles. The molecule has 29 heavy (non-hydrogen) atoms. The van der Waals surface area contributed by atoms with Crippen LogP contribution in [0.2, 0.25) is 10.0 Å². The molecule has 1 heterocycles. The molecule has 3 rings (SSSR count). The number of fused-ring (bicyclic) bond motifs is 1. The lowest BCUT2D eigenvalue weighted by Gasteiger charge is -2.07. The Labute approximate surface area is 175 Å². The van der Waals surface area contributed by atoms with Crippen LogP contribution in [0.1, 0.15) is 5.56 Å². The molecular weight excluding hydrogens is 450 g/mol. The number of nitrogens with zero attached hydrogens (tertiary/aromatic N) is 2. The number of nitrogens with one attached hydrogen (secondary N) is 1. The molecule has 0 radical (unpaired) electrons. The molecule has 0 aliphatic carbocycles. The lowest BCUT2D eigenvalue weighted by Crippen LogP contribution is -2.16. The van der Waals surface area contributed by atoms with Crippen molar-refractivity contribution in [2.75, 3.05) is 5.32 Å². The number of halogens is 5. The van der Waals surface area contributed by atoms with Gasteiger partial charge in [-0.2, -0.15) is 5.26 Å². The number of alkyl halides is 3. The molecule has 0 aliphatic heterocycles. The van der Waals surface area contributed by atoms with Crippen molar-refractivity contribution in [2.45, 2.75) is 6.36 Å². The minimum atomic E-state index is -4.81. The van der Waals surface area contributed by atoms with Gasteiger partial charge in [-0.15, -0.1) is 13.2 Å². The Hall–Kier alpha value is -2.80. The highest BCUT2D eigenvalue weighted by Crippen LogP contribution is 2.32. The Kier molecular flexibility index (Phi) is 5.98. The third-order valence-electron chi connectivity index (χ3n) is 3.44. The molecule has 0 saturated heterocycles. The molecule has 0 spiro atoms. The van der Waals surface area contributed by atoms with Crippen molar-refractivity contribution >= 4 is 61.9 Å². The van der Waals surface area contributed by atoms with Gasteiger partial charge in [0.1, 0.15) is 17.4 Å². The Morgan fingerprint density at radius 3 is 2.66 bits per heavy atom. The summed E-state index contributed by atoms with van der Waals surface area (Å²) in [4.78, 5) is 16.5. The second kappa shape index (κ2) is 8.29. The monoisotopic (exact) mass is 457 g/mol. The van der Waals surface area contributed by atoms with Crippen molar-refractivity contribution in [1.29, 1.82) is 5.26 Å². The third-order valence-corrected chi connectivity index (χ3v) is 4.94. The van der Waals surface area contributed by atoms with Crippen molar-refractivity contribution in [1.82, 2.24) is 4.98 Å². The van der Waals surface area contributed by atoms with Gasteiger partial charge < -0.3 is 4.74 Å². The number of benzene rings is 2. The predicted octanol–water partition coefficient (Wildman–Crippen LogP) is 6.05. The fourth-order valence-electron chi connectivity index (χ4n) is 2.24. The normalized spacial score (nSPS) is 11.9. The first-order valence-corrected chi connectivity index (χ1v) is 9.26. The number of carbonyl (C=O) groups excluding carboxylic acids is 1. The third kappa shape index (κ3) is 5.38. The van der Waals surface area contributed by atoms with Gasteiger partial charge in [0, 0.05) is 16.1 Å². The largest absolute Gasteiger partial charge is 0.573 e. The van der Waals surface area contributed by atoms with Gasteiger partial charge in [-0.3, -0.25) is 10.1 Å². The Balaban J connectivity index is 1.82. The first-order chi connectivity index (χ1) is 13.6. The molecule has 0 atom stereocenters. The van der Waals surface area contributed by atoms with Crippen LogP contribution in [0, 0.1) is 11.3 Å². The molecule has 0 fully saturated rings. The molecule has 1 amide bonds.